The van der Waals surface area contributed by atoms with Crippen LogP contribution in [0.2, 0.25) is 0 Å². The van der Waals surface area contributed by atoms with Crippen molar-refractivity contribution in [1.29, 1.82) is 0 Å². The second-order valence-electron chi connectivity index (χ2n) is 3.01. The summed E-state index contributed by atoms with van der Waals surface area (Å²) in [5.41, 5.74) is 0.882. The molecule has 0 amide bonds. The molecule has 0 radical (unpaired) electrons. The van der Waals surface area contributed by atoms with E-state index in [1.54, 1.807) is 7.05 Å². The fraction of sp³-hybridized carbons (Fsp3) is 0.400. The van der Waals surface area contributed by atoms with Gasteiger partial charge < -0.3 is 14.4 Å². The number of benzene rings is 1. The van der Waals surface area contributed by atoms with Crippen molar-refractivity contribution in [3.63, 3.8) is 0 Å². The van der Waals surface area contributed by atoms with Crippen LogP contribution < -0.4 is 5.32 Å². The second-order valence-corrected chi connectivity index (χ2v) is 5.33. The molecule has 15 heavy (non-hydrogen) atoms. The van der Waals surface area contributed by atoms with Crippen LogP contribution in [0.25, 0.3) is 0 Å². The van der Waals surface area contributed by atoms with E-state index >= 15 is 0 Å². The van der Waals surface area contributed by atoms with Gasteiger partial charge in [0.05, 0.1) is 0 Å². The zero-order valence-electron chi connectivity index (χ0n) is 9.14. The Morgan fingerprint density at radius 3 is 2.13 bits per heavy atom. The quantitative estimate of drug-likeness (QED) is 0.787. The highest BCUT2D eigenvalue weighted by molar-refractivity contribution is 7.54. The van der Waals surface area contributed by atoms with Crippen LogP contribution in [0.15, 0.2) is 30.3 Å². The highest BCUT2D eigenvalue weighted by Gasteiger charge is 2.33. The van der Waals surface area contributed by atoms with E-state index in [1.807, 2.05) is 30.3 Å². The Morgan fingerprint density at radius 2 is 1.73 bits per heavy atom. The van der Waals surface area contributed by atoms with Gasteiger partial charge in [0.15, 0.2) is 0 Å². The Kier molecular flexibility index (Phi) is 4.48. The van der Waals surface area contributed by atoms with Crippen molar-refractivity contribution in [3.8, 4) is 0 Å². The van der Waals surface area contributed by atoms with Crippen molar-refractivity contribution in [2.75, 3.05) is 21.3 Å². The molecule has 1 N–H and O–H groups in total. The van der Waals surface area contributed by atoms with E-state index in [4.69, 9.17) is 9.05 Å². The average molecular weight is 229 g/mol. The summed E-state index contributed by atoms with van der Waals surface area (Å²) in [6.07, 6.45) is 0. The molecule has 84 valence electrons. The van der Waals surface area contributed by atoms with Crippen molar-refractivity contribution < 1.29 is 13.6 Å². The van der Waals surface area contributed by atoms with Crippen LogP contribution >= 0.6 is 7.60 Å². The van der Waals surface area contributed by atoms with Gasteiger partial charge >= 0.3 is 7.60 Å². The minimum absolute atomic E-state index is 0.436. The Morgan fingerprint density at radius 1 is 1.20 bits per heavy atom. The van der Waals surface area contributed by atoms with Gasteiger partial charge in [0.1, 0.15) is 5.78 Å². The maximum Gasteiger partial charge on any atom is 0.351 e. The number of hydrogen-bond donors (Lipinski definition) is 1. The van der Waals surface area contributed by atoms with Crippen molar-refractivity contribution in [3.05, 3.63) is 35.9 Å². The summed E-state index contributed by atoms with van der Waals surface area (Å²) in [4.78, 5) is 0. The fourth-order valence-corrected chi connectivity index (χ4v) is 2.85. The molecule has 1 unspecified atom stereocenters. The van der Waals surface area contributed by atoms with Gasteiger partial charge in [0.25, 0.3) is 0 Å². The van der Waals surface area contributed by atoms with Crippen molar-refractivity contribution in [2.45, 2.75) is 5.78 Å². The molecule has 1 rings (SSSR count). The van der Waals surface area contributed by atoms with Gasteiger partial charge in [-0.25, -0.2) is 0 Å². The first-order chi connectivity index (χ1) is 7.18. The van der Waals surface area contributed by atoms with E-state index in [0.29, 0.717) is 0 Å². The Hall–Kier alpha value is -0.670. The molecule has 1 aromatic rings. The first-order valence-electron chi connectivity index (χ1n) is 4.61. The smallest absolute Gasteiger partial charge is 0.311 e. The van der Waals surface area contributed by atoms with E-state index in [-0.39, 0.29) is 0 Å². The predicted molar refractivity (Wildman–Crippen MR) is 59.9 cm³/mol. The molecule has 0 aliphatic rings. The predicted octanol–water partition coefficient (Wildman–Crippen LogP) is 2.39. The lowest BCUT2D eigenvalue weighted by molar-refractivity contribution is 0.261. The summed E-state index contributed by atoms with van der Waals surface area (Å²) in [6, 6.07) is 9.43. The SMILES string of the molecule is CNC(c1ccccc1)P(=O)(OC)OC. The molecule has 0 heterocycles. The van der Waals surface area contributed by atoms with Gasteiger partial charge in [-0.3, -0.25) is 4.57 Å². The van der Waals surface area contributed by atoms with Crippen LogP contribution in [0.5, 0.6) is 0 Å². The molecular weight excluding hydrogens is 213 g/mol. The normalized spacial score (nSPS) is 13.8. The summed E-state index contributed by atoms with van der Waals surface area (Å²) < 4.78 is 22.1. The van der Waals surface area contributed by atoms with Gasteiger partial charge in [0.2, 0.25) is 0 Å². The highest BCUT2D eigenvalue weighted by Crippen LogP contribution is 2.58. The molecule has 0 aliphatic heterocycles. The van der Waals surface area contributed by atoms with Gasteiger partial charge in [-0.15, -0.1) is 0 Å². The van der Waals surface area contributed by atoms with Gasteiger partial charge in [-0.2, -0.15) is 0 Å². The molecule has 0 spiro atoms. The van der Waals surface area contributed by atoms with E-state index in [1.165, 1.54) is 14.2 Å². The lowest BCUT2D eigenvalue weighted by atomic mass is 10.2. The van der Waals surface area contributed by atoms with Gasteiger partial charge in [0, 0.05) is 14.2 Å². The third kappa shape index (κ3) is 2.67. The number of nitrogens with one attached hydrogen (secondary N) is 1. The lowest BCUT2D eigenvalue weighted by Crippen LogP contribution is -2.18. The first kappa shape index (κ1) is 12.4. The van der Waals surface area contributed by atoms with Crippen LogP contribution in [-0.2, 0) is 13.6 Å². The van der Waals surface area contributed by atoms with E-state index in [9.17, 15) is 4.57 Å². The molecular formula is C10H16NO3P. The molecule has 0 aromatic heterocycles. The summed E-state index contributed by atoms with van der Waals surface area (Å²) in [6.45, 7) is 0. The van der Waals surface area contributed by atoms with Crippen molar-refractivity contribution in [1.82, 2.24) is 5.32 Å². The second kappa shape index (κ2) is 5.42. The minimum Gasteiger partial charge on any atom is -0.311 e. The van der Waals surface area contributed by atoms with Gasteiger partial charge in [-0.05, 0) is 12.6 Å². The molecule has 5 heteroatoms. The van der Waals surface area contributed by atoms with E-state index < -0.39 is 13.4 Å². The van der Waals surface area contributed by atoms with Crippen LogP contribution in [0.4, 0.5) is 0 Å². The highest BCUT2D eigenvalue weighted by atomic mass is 31.2. The summed E-state index contributed by atoms with van der Waals surface area (Å²) in [5, 5.41) is 2.95. The van der Waals surface area contributed by atoms with Gasteiger partial charge in [-0.1, -0.05) is 30.3 Å². The molecule has 0 saturated carbocycles. The summed E-state index contributed by atoms with van der Waals surface area (Å²) in [7, 11) is 1.37. The maximum atomic E-state index is 12.2. The largest absolute Gasteiger partial charge is 0.351 e. The molecule has 0 aliphatic carbocycles. The Labute approximate surface area is 90.1 Å². The zero-order chi connectivity index (χ0) is 11.3. The van der Waals surface area contributed by atoms with E-state index in [2.05, 4.69) is 5.32 Å². The molecule has 0 bridgehead atoms. The van der Waals surface area contributed by atoms with Crippen molar-refractivity contribution in [2.24, 2.45) is 0 Å². The third-order valence-electron chi connectivity index (χ3n) is 2.21. The zero-order valence-corrected chi connectivity index (χ0v) is 10.0. The maximum absolute atomic E-state index is 12.2. The number of hydrogen-bond acceptors (Lipinski definition) is 4. The average Bonchev–Trinajstić information content (AvgIpc) is 2.31. The fourth-order valence-electron chi connectivity index (χ4n) is 1.43. The van der Waals surface area contributed by atoms with Crippen LogP contribution in [-0.4, -0.2) is 21.3 Å². The monoisotopic (exact) mass is 229 g/mol. The van der Waals surface area contributed by atoms with Crippen LogP contribution in [0.3, 0.4) is 0 Å². The standard InChI is InChI=1S/C10H16NO3P/c1-11-10(15(12,13-2)14-3)9-7-5-4-6-8-9/h4-8,10-11H,1-3H3. The summed E-state index contributed by atoms with van der Waals surface area (Å²) in [5.74, 6) is -0.436. The molecule has 1 aromatic carbocycles. The van der Waals surface area contributed by atoms with E-state index in [0.717, 1.165) is 5.56 Å². The Balaban J connectivity index is 3.04. The Bertz CT molecular complexity index is 334. The molecule has 1 atom stereocenters. The van der Waals surface area contributed by atoms with Crippen LogP contribution in [0, 0.1) is 0 Å². The molecule has 4 nitrogen and oxygen atoms in total. The third-order valence-corrected chi connectivity index (χ3v) is 4.42. The minimum atomic E-state index is -3.12. The lowest BCUT2D eigenvalue weighted by Gasteiger charge is -2.23. The number of rotatable bonds is 5. The molecule has 0 saturated heterocycles. The summed E-state index contributed by atoms with van der Waals surface area (Å²) >= 11 is 0. The first-order valence-corrected chi connectivity index (χ1v) is 6.22. The van der Waals surface area contributed by atoms with Crippen molar-refractivity contribution >= 4 is 7.60 Å². The topological polar surface area (TPSA) is 47.6 Å². The van der Waals surface area contributed by atoms with Crippen LogP contribution in [0.1, 0.15) is 11.3 Å². The molecule has 0 fully saturated rings.